The molecule has 4 heteroatoms. The molecule has 0 aromatic heterocycles. The molecule has 0 saturated heterocycles. The number of carbonyl (C=O) groups excluding carboxylic acids is 2. The van der Waals surface area contributed by atoms with Crippen LogP contribution in [-0.2, 0) is 16.0 Å². The van der Waals surface area contributed by atoms with Gasteiger partial charge in [0.25, 0.3) is 0 Å². The number of rotatable bonds is 5. The lowest BCUT2D eigenvalue weighted by atomic mass is 10.1. The smallest absolute Gasteiger partial charge is 0.240 e. The van der Waals surface area contributed by atoms with Crippen LogP contribution in [0.3, 0.4) is 0 Å². The summed E-state index contributed by atoms with van der Waals surface area (Å²) in [7, 11) is 0. The SMILES string of the molecule is CC(=O)SCCCc1ccccc1N=C=O. The molecule has 0 fully saturated rings. The minimum absolute atomic E-state index is 0.138. The van der Waals surface area contributed by atoms with E-state index in [1.54, 1.807) is 19.1 Å². The molecule has 0 aliphatic heterocycles. The largest absolute Gasteiger partial charge is 0.288 e. The number of hydrogen-bond donors (Lipinski definition) is 0. The Labute approximate surface area is 99.0 Å². The molecule has 0 amide bonds. The Bertz CT molecular complexity index is 411. The molecule has 0 unspecified atom stereocenters. The van der Waals surface area contributed by atoms with Gasteiger partial charge in [0, 0.05) is 12.7 Å². The first kappa shape index (κ1) is 12.7. The van der Waals surface area contributed by atoms with Crippen molar-refractivity contribution in [1.82, 2.24) is 0 Å². The molecular formula is C12H13NO2S. The lowest BCUT2D eigenvalue weighted by Gasteiger charge is -2.03. The molecule has 0 heterocycles. The number of nitrogens with zero attached hydrogens (tertiary/aromatic N) is 1. The Kier molecular flexibility index (Phi) is 5.54. The average molecular weight is 235 g/mol. The summed E-state index contributed by atoms with van der Waals surface area (Å²) in [5.74, 6) is 0.800. The summed E-state index contributed by atoms with van der Waals surface area (Å²) in [6.45, 7) is 1.56. The van der Waals surface area contributed by atoms with E-state index in [9.17, 15) is 9.59 Å². The van der Waals surface area contributed by atoms with Crippen LogP contribution in [0.5, 0.6) is 0 Å². The van der Waals surface area contributed by atoms with Gasteiger partial charge in [0.05, 0.1) is 5.69 Å². The molecule has 16 heavy (non-hydrogen) atoms. The number of benzene rings is 1. The zero-order valence-corrected chi connectivity index (χ0v) is 9.92. The first-order valence-corrected chi connectivity index (χ1v) is 6.01. The Hall–Kier alpha value is -1.38. The van der Waals surface area contributed by atoms with Gasteiger partial charge in [-0.1, -0.05) is 30.0 Å². The van der Waals surface area contributed by atoms with Crippen molar-refractivity contribution in [2.75, 3.05) is 5.75 Å². The van der Waals surface area contributed by atoms with E-state index in [1.165, 1.54) is 11.8 Å². The zero-order chi connectivity index (χ0) is 11.8. The number of hydrogen-bond acceptors (Lipinski definition) is 4. The summed E-state index contributed by atoms with van der Waals surface area (Å²) in [6, 6.07) is 7.48. The highest BCUT2D eigenvalue weighted by molar-refractivity contribution is 8.13. The lowest BCUT2D eigenvalue weighted by molar-refractivity contribution is -0.109. The van der Waals surface area contributed by atoms with E-state index < -0.39 is 0 Å². The van der Waals surface area contributed by atoms with Crippen molar-refractivity contribution in [3.05, 3.63) is 29.8 Å². The quantitative estimate of drug-likeness (QED) is 0.448. The standard InChI is InChI=1S/C12H13NO2S/c1-10(15)16-8-4-6-11-5-2-3-7-12(11)13-9-14/h2-3,5,7H,4,6,8H2,1H3. The summed E-state index contributed by atoms with van der Waals surface area (Å²) in [6.07, 6.45) is 3.27. The Morgan fingerprint density at radius 1 is 1.44 bits per heavy atom. The van der Waals surface area contributed by atoms with Gasteiger partial charge in [-0.15, -0.1) is 0 Å². The van der Waals surface area contributed by atoms with Crippen LogP contribution in [0.2, 0.25) is 0 Å². The number of thioether (sulfide) groups is 1. The van der Waals surface area contributed by atoms with Crippen LogP contribution in [0.1, 0.15) is 18.9 Å². The molecule has 0 bridgehead atoms. The molecule has 3 nitrogen and oxygen atoms in total. The van der Waals surface area contributed by atoms with Crippen LogP contribution >= 0.6 is 11.8 Å². The number of para-hydroxylation sites is 1. The molecule has 0 aliphatic rings. The molecular weight excluding hydrogens is 222 g/mol. The monoisotopic (exact) mass is 235 g/mol. The molecule has 0 aliphatic carbocycles. The maximum absolute atomic E-state index is 10.7. The van der Waals surface area contributed by atoms with Gasteiger partial charge in [-0.3, -0.25) is 4.79 Å². The third-order valence-electron chi connectivity index (χ3n) is 2.05. The molecule has 1 rings (SSSR count). The van der Waals surface area contributed by atoms with Gasteiger partial charge in [-0.05, 0) is 24.5 Å². The predicted molar refractivity (Wildman–Crippen MR) is 65.7 cm³/mol. The maximum atomic E-state index is 10.7. The van der Waals surface area contributed by atoms with E-state index >= 15 is 0 Å². The minimum Gasteiger partial charge on any atom is -0.288 e. The summed E-state index contributed by atoms with van der Waals surface area (Å²) in [4.78, 5) is 24.6. The van der Waals surface area contributed by atoms with Gasteiger partial charge >= 0.3 is 0 Å². The molecule has 0 saturated carbocycles. The second kappa shape index (κ2) is 6.99. The highest BCUT2D eigenvalue weighted by Crippen LogP contribution is 2.20. The summed E-state index contributed by atoms with van der Waals surface area (Å²) >= 11 is 1.32. The van der Waals surface area contributed by atoms with Crippen LogP contribution in [0.25, 0.3) is 0 Å². The van der Waals surface area contributed by atoms with Gasteiger partial charge < -0.3 is 0 Å². The van der Waals surface area contributed by atoms with Crippen LogP contribution in [0.4, 0.5) is 5.69 Å². The Balaban J connectivity index is 2.52. The van der Waals surface area contributed by atoms with Gasteiger partial charge in [-0.25, -0.2) is 4.79 Å². The van der Waals surface area contributed by atoms with Crippen LogP contribution in [-0.4, -0.2) is 16.9 Å². The van der Waals surface area contributed by atoms with Crippen LogP contribution in [0, 0.1) is 0 Å². The minimum atomic E-state index is 0.138. The number of carbonyl (C=O) groups is 1. The van der Waals surface area contributed by atoms with Crippen molar-refractivity contribution in [2.45, 2.75) is 19.8 Å². The van der Waals surface area contributed by atoms with E-state index in [2.05, 4.69) is 4.99 Å². The summed E-state index contributed by atoms with van der Waals surface area (Å²) in [5.41, 5.74) is 1.69. The molecule has 0 spiro atoms. The van der Waals surface area contributed by atoms with Crippen LogP contribution < -0.4 is 0 Å². The maximum Gasteiger partial charge on any atom is 0.240 e. The highest BCUT2D eigenvalue weighted by Gasteiger charge is 2.01. The highest BCUT2D eigenvalue weighted by atomic mass is 32.2. The fraction of sp³-hybridized carbons (Fsp3) is 0.333. The second-order valence-corrected chi connectivity index (χ2v) is 4.55. The molecule has 84 valence electrons. The topological polar surface area (TPSA) is 46.5 Å². The van der Waals surface area contributed by atoms with Crippen molar-refractivity contribution in [2.24, 2.45) is 4.99 Å². The van der Waals surface area contributed by atoms with Gasteiger partial charge in [-0.2, -0.15) is 4.99 Å². The second-order valence-electron chi connectivity index (χ2n) is 3.28. The first-order chi connectivity index (χ1) is 7.74. The Morgan fingerprint density at radius 2 is 2.19 bits per heavy atom. The number of isocyanates is 1. The fourth-order valence-corrected chi connectivity index (χ4v) is 1.94. The fourth-order valence-electron chi connectivity index (χ4n) is 1.36. The number of aryl methyl sites for hydroxylation is 1. The van der Waals surface area contributed by atoms with Gasteiger partial charge in [0.15, 0.2) is 5.12 Å². The Morgan fingerprint density at radius 3 is 2.88 bits per heavy atom. The molecule has 1 aromatic rings. The van der Waals surface area contributed by atoms with E-state index in [-0.39, 0.29) is 5.12 Å². The van der Waals surface area contributed by atoms with E-state index in [4.69, 9.17) is 0 Å². The van der Waals surface area contributed by atoms with Crippen molar-refractivity contribution >= 4 is 28.6 Å². The predicted octanol–water partition coefficient (Wildman–Crippen LogP) is 2.87. The zero-order valence-electron chi connectivity index (χ0n) is 9.10. The van der Waals surface area contributed by atoms with Crippen molar-refractivity contribution < 1.29 is 9.59 Å². The van der Waals surface area contributed by atoms with Crippen molar-refractivity contribution in [1.29, 1.82) is 0 Å². The summed E-state index contributed by atoms with van der Waals surface area (Å²) < 4.78 is 0. The molecule has 1 aromatic carbocycles. The van der Waals surface area contributed by atoms with E-state index in [0.717, 1.165) is 24.2 Å². The molecule has 0 atom stereocenters. The first-order valence-electron chi connectivity index (χ1n) is 5.03. The lowest BCUT2D eigenvalue weighted by Crippen LogP contribution is -1.91. The molecule has 0 radical (unpaired) electrons. The average Bonchev–Trinajstić information content (AvgIpc) is 2.26. The van der Waals surface area contributed by atoms with Gasteiger partial charge in [0.1, 0.15) is 0 Å². The third-order valence-corrected chi connectivity index (χ3v) is 2.95. The number of aliphatic imine (C=N–C) groups is 1. The normalized spacial score (nSPS) is 9.56. The van der Waals surface area contributed by atoms with Crippen molar-refractivity contribution in [3.8, 4) is 0 Å². The van der Waals surface area contributed by atoms with Crippen LogP contribution in [0.15, 0.2) is 29.3 Å². The van der Waals surface area contributed by atoms with Crippen molar-refractivity contribution in [3.63, 3.8) is 0 Å². The third kappa shape index (κ3) is 4.43. The summed E-state index contributed by atoms with van der Waals surface area (Å²) in [5, 5.41) is 0.138. The van der Waals surface area contributed by atoms with E-state index in [1.807, 2.05) is 18.2 Å². The van der Waals surface area contributed by atoms with Gasteiger partial charge in [0.2, 0.25) is 6.08 Å². The van der Waals surface area contributed by atoms with E-state index in [0.29, 0.717) is 5.69 Å². The molecule has 0 N–H and O–H groups in total.